The van der Waals surface area contributed by atoms with Gasteiger partial charge in [-0.15, -0.1) is 0 Å². The fourth-order valence-corrected chi connectivity index (χ4v) is 1.01. The van der Waals surface area contributed by atoms with E-state index in [1.807, 2.05) is 0 Å². The van der Waals surface area contributed by atoms with Crippen LogP contribution in [0.1, 0.15) is 12.5 Å². The fourth-order valence-electron chi connectivity index (χ4n) is 1.01. The van der Waals surface area contributed by atoms with Crippen molar-refractivity contribution in [1.82, 2.24) is 4.98 Å². The molecule has 1 heterocycles. The predicted octanol–water partition coefficient (Wildman–Crippen LogP) is -0.107. The summed E-state index contributed by atoms with van der Waals surface area (Å²) < 4.78 is 0. The second kappa shape index (κ2) is 4.69. The van der Waals surface area contributed by atoms with Gasteiger partial charge in [0.15, 0.2) is 6.29 Å². The molecule has 0 aliphatic heterocycles. The van der Waals surface area contributed by atoms with Gasteiger partial charge in [-0.05, 0) is 11.6 Å². The zero-order valence-electron chi connectivity index (χ0n) is 7.77. The smallest absolute Gasteiger partial charge is 0.222 e. The van der Waals surface area contributed by atoms with Gasteiger partial charge >= 0.3 is 0 Å². The first kappa shape index (κ1) is 10.6. The van der Waals surface area contributed by atoms with E-state index in [-0.39, 0.29) is 12.3 Å². The number of carbonyl (C=O) groups is 1. The van der Waals surface area contributed by atoms with E-state index in [2.05, 4.69) is 10.3 Å². The van der Waals surface area contributed by atoms with Crippen LogP contribution in [0, 0.1) is 0 Å². The number of pyridine rings is 1. The van der Waals surface area contributed by atoms with Crippen molar-refractivity contribution in [1.29, 1.82) is 0 Å². The summed E-state index contributed by atoms with van der Waals surface area (Å²) in [6.07, 6.45) is 0.251. The normalized spacial score (nSPS) is 10.3. The number of aromatic nitrogens is 1. The van der Waals surface area contributed by atoms with Gasteiger partial charge in [0.05, 0.1) is 0 Å². The lowest BCUT2D eigenvalue weighted by Crippen LogP contribution is -2.10. The molecule has 0 aliphatic rings. The number of nitrogens with one attached hydrogen (secondary N) is 1. The number of aliphatic hydroxyl groups is 2. The number of rotatable bonds is 3. The fraction of sp³-hybridized carbons (Fsp3) is 0.333. The number of carbonyl (C=O) groups excluding carboxylic acids is 1. The third kappa shape index (κ3) is 3.51. The van der Waals surface area contributed by atoms with E-state index in [1.165, 1.54) is 13.1 Å². The molecular formula is C9H12N2O3. The number of hydrogen-bond acceptors (Lipinski definition) is 4. The van der Waals surface area contributed by atoms with Gasteiger partial charge in [0.2, 0.25) is 5.91 Å². The second-order valence-electron chi connectivity index (χ2n) is 2.92. The molecule has 0 bridgehead atoms. The van der Waals surface area contributed by atoms with Crippen molar-refractivity contribution in [3.8, 4) is 0 Å². The molecule has 0 saturated heterocycles. The van der Waals surface area contributed by atoms with Gasteiger partial charge < -0.3 is 15.5 Å². The van der Waals surface area contributed by atoms with Crippen LogP contribution in [0.2, 0.25) is 0 Å². The van der Waals surface area contributed by atoms with E-state index < -0.39 is 6.29 Å². The van der Waals surface area contributed by atoms with Gasteiger partial charge in [-0.3, -0.25) is 4.79 Å². The summed E-state index contributed by atoms with van der Waals surface area (Å²) in [5, 5.41) is 19.9. The molecular weight excluding hydrogens is 184 g/mol. The standard InChI is InChI=1S/C9H12N2O3/c1-6(12)11-8-3-2-7(5-10-8)4-9(13)14/h2-3,5,9,13-14H,4H2,1H3,(H,10,11,12). The van der Waals surface area contributed by atoms with Crippen LogP contribution in [-0.4, -0.2) is 27.4 Å². The van der Waals surface area contributed by atoms with Gasteiger partial charge in [-0.25, -0.2) is 4.98 Å². The summed E-state index contributed by atoms with van der Waals surface area (Å²) >= 11 is 0. The Morgan fingerprint density at radius 1 is 1.57 bits per heavy atom. The van der Waals surface area contributed by atoms with Gasteiger partial charge in [0.1, 0.15) is 5.82 Å². The highest BCUT2D eigenvalue weighted by atomic mass is 16.5. The molecule has 0 aromatic carbocycles. The number of nitrogens with zero attached hydrogens (tertiary/aromatic N) is 1. The molecule has 14 heavy (non-hydrogen) atoms. The molecule has 3 N–H and O–H groups in total. The molecule has 0 aliphatic carbocycles. The Hall–Kier alpha value is -1.46. The van der Waals surface area contributed by atoms with E-state index in [1.54, 1.807) is 12.1 Å². The van der Waals surface area contributed by atoms with Crippen LogP contribution < -0.4 is 5.32 Å². The second-order valence-corrected chi connectivity index (χ2v) is 2.92. The Bertz CT molecular complexity index is 308. The monoisotopic (exact) mass is 196 g/mol. The minimum atomic E-state index is -1.37. The highest BCUT2D eigenvalue weighted by molar-refractivity contribution is 5.87. The number of aliphatic hydroxyl groups excluding tert-OH is 1. The zero-order chi connectivity index (χ0) is 10.6. The van der Waals surface area contributed by atoms with Crippen molar-refractivity contribution < 1.29 is 15.0 Å². The summed E-state index contributed by atoms with van der Waals surface area (Å²) in [4.78, 5) is 14.6. The highest BCUT2D eigenvalue weighted by Crippen LogP contribution is 2.06. The summed E-state index contributed by atoms with van der Waals surface area (Å²) in [6.45, 7) is 1.40. The maximum atomic E-state index is 10.6. The quantitative estimate of drug-likeness (QED) is 0.589. The lowest BCUT2D eigenvalue weighted by Gasteiger charge is -2.04. The lowest BCUT2D eigenvalue weighted by molar-refractivity contribution is -0.114. The average molecular weight is 196 g/mol. The molecule has 1 amide bonds. The first-order valence-corrected chi connectivity index (χ1v) is 4.16. The van der Waals surface area contributed by atoms with Crippen LogP contribution in [0.4, 0.5) is 5.82 Å². The molecule has 5 nitrogen and oxygen atoms in total. The van der Waals surface area contributed by atoms with Crippen LogP contribution in [0.5, 0.6) is 0 Å². The number of amides is 1. The van der Waals surface area contributed by atoms with Crippen LogP contribution in [-0.2, 0) is 11.2 Å². The predicted molar refractivity (Wildman–Crippen MR) is 50.5 cm³/mol. The van der Waals surface area contributed by atoms with Crippen molar-refractivity contribution in [2.75, 3.05) is 5.32 Å². The minimum Gasteiger partial charge on any atom is -0.368 e. The molecule has 5 heteroatoms. The maximum Gasteiger partial charge on any atom is 0.222 e. The van der Waals surface area contributed by atoms with Crippen LogP contribution in [0.25, 0.3) is 0 Å². The van der Waals surface area contributed by atoms with Crippen LogP contribution >= 0.6 is 0 Å². The van der Waals surface area contributed by atoms with Crippen LogP contribution in [0.3, 0.4) is 0 Å². The molecule has 1 rings (SSSR count). The Balaban J connectivity index is 2.63. The topological polar surface area (TPSA) is 82.5 Å². The Morgan fingerprint density at radius 3 is 2.71 bits per heavy atom. The third-order valence-electron chi connectivity index (χ3n) is 1.55. The van der Waals surface area contributed by atoms with E-state index in [9.17, 15) is 4.79 Å². The molecule has 0 atom stereocenters. The number of anilines is 1. The average Bonchev–Trinajstić information content (AvgIpc) is 2.06. The molecule has 1 aromatic rings. The molecule has 76 valence electrons. The van der Waals surface area contributed by atoms with Gasteiger partial charge in [0, 0.05) is 19.5 Å². The Labute approximate surface area is 81.4 Å². The van der Waals surface area contributed by atoms with Gasteiger partial charge in [0.25, 0.3) is 0 Å². The SMILES string of the molecule is CC(=O)Nc1ccc(CC(O)O)cn1. The Morgan fingerprint density at radius 2 is 2.29 bits per heavy atom. The zero-order valence-corrected chi connectivity index (χ0v) is 7.77. The molecule has 0 fully saturated rings. The molecule has 0 unspecified atom stereocenters. The van der Waals surface area contributed by atoms with E-state index >= 15 is 0 Å². The van der Waals surface area contributed by atoms with Gasteiger partial charge in [-0.1, -0.05) is 6.07 Å². The molecule has 0 radical (unpaired) electrons. The molecule has 0 spiro atoms. The summed E-state index contributed by atoms with van der Waals surface area (Å²) in [7, 11) is 0. The largest absolute Gasteiger partial charge is 0.368 e. The molecule has 0 saturated carbocycles. The van der Waals surface area contributed by atoms with Crippen molar-refractivity contribution in [2.45, 2.75) is 19.6 Å². The minimum absolute atomic E-state index is 0.132. The first-order valence-electron chi connectivity index (χ1n) is 4.16. The lowest BCUT2D eigenvalue weighted by atomic mass is 10.2. The van der Waals surface area contributed by atoms with Gasteiger partial charge in [-0.2, -0.15) is 0 Å². The summed E-state index contributed by atoms with van der Waals surface area (Å²) in [5.74, 6) is 0.265. The van der Waals surface area contributed by atoms with Crippen molar-refractivity contribution >= 4 is 11.7 Å². The Kier molecular flexibility index (Phi) is 3.55. The summed E-state index contributed by atoms with van der Waals surface area (Å²) in [5.41, 5.74) is 0.703. The van der Waals surface area contributed by atoms with Crippen molar-refractivity contribution in [3.05, 3.63) is 23.9 Å². The van der Waals surface area contributed by atoms with E-state index in [0.717, 1.165) is 0 Å². The summed E-state index contributed by atoms with van der Waals surface area (Å²) in [6, 6.07) is 3.29. The van der Waals surface area contributed by atoms with Crippen molar-refractivity contribution in [3.63, 3.8) is 0 Å². The van der Waals surface area contributed by atoms with Crippen LogP contribution in [0.15, 0.2) is 18.3 Å². The number of hydrogen-bond donors (Lipinski definition) is 3. The maximum absolute atomic E-state index is 10.6. The van der Waals surface area contributed by atoms with Crippen molar-refractivity contribution in [2.24, 2.45) is 0 Å². The third-order valence-corrected chi connectivity index (χ3v) is 1.55. The van der Waals surface area contributed by atoms with E-state index in [0.29, 0.717) is 11.4 Å². The molecule has 1 aromatic heterocycles. The highest BCUT2D eigenvalue weighted by Gasteiger charge is 2.01. The van der Waals surface area contributed by atoms with E-state index in [4.69, 9.17) is 10.2 Å². The first-order chi connectivity index (χ1) is 6.58.